The Labute approximate surface area is 148 Å². The van der Waals surface area contributed by atoms with E-state index in [-0.39, 0.29) is 17.5 Å². The fourth-order valence-electron chi connectivity index (χ4n) is 2.55. The summed E-state index contributed by atoms with van der Waals surface area (Å²) in [6, 6.07) is 15.0. The van der Waals surface area contributed by atoms with Crippen LogP contribution in [-0.4, -0.2) is 27.9 Å². The first kappa shape index (κ1) is 18.5. The van der Waals surface area contributed by atoms with Gasteiger partial charge >= 0.3 is 5.97 Å². The summed E-state index contributed by atoms with van der Waals surface area (Å²) in [5.41, 5.74) is 3.36. The number of hydrogen-bond donors (Lipinski definition) is 2. The Bertz CT molecular complexity index is 722. The minimum absolute atomic E-state index is 0.0713. The standard InChI is InChI=1S/C20H24N2O3/c1-14(2)22(15(3)23)13-17-6-10-19(11-7-17)21-12-16-4-8-18(9-5-16)20(24)25/h4-11,14,21H,12-13H2,1-3H3,(H,24,25). The van der Waals surface area contributed by atoms with Crippen molar-refractivity contribution >= 4 is 17.6 Å². The molecule has 0 aliphatic heterocycles. The van der Waals surface area contributed by atoms with Crippen molar-refractivity contribution in [3.8, 4) is 0 Å². The molecular weight excluding hydrogens is 316 g/mol. The average Bonchev–Trinajstić information content (AvgIpc) is 2.58. The van der Waals surface area contributed by atoms with E-state index in [2.05, 4.69) is 5.32 Å². The van der Waals surface area contributed by atoms with Crippen LogP contribution in [-0.2, 0) is 17.9 Å². The van der Waals surface area contributed by atoms with Crippen LogP contribution in [0.3, 0.4) is 0 Å². The molecule has 132 valence electrons. The Kier molecular flexibility index (Phi) is 6.17. The van der Waals surface area contributed by atoms with Crippen LogP contribution in [0.1, 0.15) is 42.3 Å². The summed E-state index contributed by atoms with van der Waals surface area (Å²) in [5.74, 6) is -0.849. The van der Waals surface area contributed by atoms with E-state index in [0.717, 1.165) is 16.8 Å². The van der Waals surface area contributed by atoms with Gasteiger partial charge in [0.25, 0.3) is 0 Å². The minimum Gasteiger partial charge on any atom is -0.478 e. The lowest BCUT2D eigenvalue weighted by Crippen LogP contribution is -2.34. The molecule has 1 amide bonds. The second kappa shape index (κ2) is 8.33. The van der Waals surface area contributed by atoms with Crippen LogP contribution in [0, 0.1) is 0 Å². The Balaban J connectivity index is 1.93. The molecule has 0 saturated heterocycles. The van der Waals surface area contributed by atoms with Crippen LogP contribution in [0.25, 0.3) is 0 Å². The molecule has 2 rings (SSSR count). The van der Waals surface area contributed by atoms with Gasteiger partial charge in [-0.2, -0.15) is 0 Å². The van der Waals surface area contributed by atoms with Gasteiger partial charge in [-0.15, -0.1) is 0 Å². The normalized spacial score (nSPS) is 10.6. The van der Waals surface area contributed by atoms with E-state index in [4.69, 9.17) is 5.11 Å². The molecule has 2 N–H and O–H groups in total. The molecule has 0 aliphatic carbocycles. The lowest BCUT2D eigenvalue weighted by atomic mass is 10.1. The maximum atomic E-state index is 11.7. The lowest BCUT2D eigenvalue weighted by molar-refractivity contribution is -0.131. The smallest absolute Gasteiger partial charge is 0.335 e. The van der Waals surface area contributed by atoms with Gasteiger partial charge in [0.1, 0.15) is 0 Å². The number of carboxylic acids is 1. The molecule has 0 unspecified atom stereocenters. The number of carbonyl (C=O) groups is 2. The number of carbonyl (C=O) groups excluding carboxylic acids is 1. The topological polar surface area (TPSA) is 69.6 Å². The summed E-state index contributed by atoms with van der Waals surface area (Å²) in [5, 5.41) is 12.2. The number of amides is 1. The third-order valence-corrected chi connectivity index (χ3v) is 4.03. The maximum Gasteiger partial charge on any atom is 0.335 e. The summed E-state index contributed by atoms with van der Waals surface area (Å²) >= 11 is 0. The third-order valence-electron chi connectivity index (χ3n) is 4.03. The molecule has 0 saturated carbocycles. The van der Waals surface area contributed by atoms with E-state index in [1.54, 1.807) is 31.2 Å². The Hall–Kier alpha value is -2.82. The van der Waals surface area contributed by atoms with Gasteiger partial charge < -0.3 is 15.3 Å². The van der Waals surface area contributed by atoms with E-state index >= 15 is 0 Å². The highest BCUT2D eigenvalue weighted by Crippen LogP contribution is 2.14. The number of nitrogens with one attached hydrogen (secondary N) is 1. The number of anilines is 1. The molecule has 5 nitrogen and oxygen atoms in total. The highest BCUT2D eigenvalue weighted by Gasteiger charge is 2.12. The molecule has 5 heteroatoms. The van der Waals surface area contributed by atoms with Crippen LogP contribution in [0.15, 0.2) is 48.5 Å². The van der Waals surface area contributed by atoms with Crippen LogP contribution in [0.4, 0.5) is 5.69 Å². The average molecular weight is 340 g/mol. The minimum atomic E-state index is -0.920. The summed E-state index contributed by atoms with van der Waals surface area (Å²) in [6.45, 7) is 6.82. The van der Waals surface area contributed by atoms with Crippen molar-refractivity contribution in [3.05, 3.63) is 65.2 Å². The molecule has 0 radical (unpaired) electrons. The molecule has 2 aromatic carbocycles. The van der Waals surface area contributed by atoms with Gasteiger partial charge in [0.2, 0.25) is 5.91 Å². The quantitative estimate of drug-likeness (QED) is 0.805. The van der Waals surface area contributed by atoms with Crippen LogP contribution >= 0.6 is 0 Å². The summed E-state index contributed by atoms with van der Waals surface area (Å²) < 4.78 is 0. The monoisotopic (exact) mass is 340 g/mol. The molecule has 25 heavy (non-hydrogen) atoms. The van der Waals surface area contributed by atoms with E-state index in [9.17, 15) is 9.59 Å². The number of aromatic carboxylic acids is 1. The predicted molar refractivity (Wildman–Crippen MR) is 98.5 cm³/mol. The zero-order valence-electron chi connectivity index (χ0n) is 14.8. The first-order valence-corrected chi connectivity index (χ1v) is 8.29. The third kappa shape index (κ3) is 5.35. The Morgan fingerprint density at radius 1 is 1.00 bits per heavy atom. The molecule has 0 bridgehead atoms. The SMILES string of the molecule is CC(=O)N(Cc1ccc(NCc2ccc(C(=O)O)cc2)cc1)C(C)C. The van der Waals surface area contributed by atoms with Gasteiger partial charge in [-0.3, -0.25) is 4.79 Å². The molecule has 0 atom stereocenters. The fraction of sp³-hybridized carbons (Fsp3) is 0.300. The highest BCUT2D eigenvalue weighted by molar-refractivity contribution is 5.87. The molecule has 0 heterocycles. The van der Waals surface area contributed by atoms with Gasteiger partial charge in [-0.1, -0.05) is 24.3 Å². The maximum absolute atomic E-state index is 11.7. The number of nitrogens with zero attached hydrogens (tertiary/aromatic N) is 1. The van der Waals surface area contributed by atoms with Crippen LogP contribution in [0.5, 0.6) is 0 Å². The van der Waals surface area contributed by atoms with E-state index in [0.29, 0.717) is 13.1 Å². The molecule has 0 aliphatic rings. The van der Waals surface area contributed by atoms with Crippen molar-refractivity contribution in [2.75, 3.05) is 5.32 Å². The molecule has 0 spiro atoms. The molecular formula is C20H24N2O3. The van der Waals surface area contributed by atoms with Crippen molar-refractivity contribution in [2.45, 2.75) is 39.9 Å². The molecule has 0 aromatic heterocycles. The van der Waals surface area contributed by atoms with Gasteiger partial charge in [-0.05, 0) is 49.2 Å². The molecule has 0 fully saturated rings. The highest BCUT2D eigenvalue weighted by atomic mass is 16.4. The van der Waals surface area contributed by atoms with Crippen LogP contribution < -0.4 is 5.32 Å². The first-order chi connectivity index (χ1) is 11.9. The summed E-state index contributed by atoms with van der Waals surface area (Å²) in [4.78, 5) is 24.3. The zero-order chi connectivity index (χ0) is 18.4. The molecule has 2 aromatic rings. The lowest BCUT2D eigenvalue weighted by Gasteiger charge is -2.25. The van der Waals surface area contributed by atoms with Gasteiger partial charge in [0, 0.05) is 31.7 Å². The predicted octanol–water partition coefficient (Wildman–Crippen LogP) is 3.75. The number of carboxylic acid groups (broad SMARTS) is 1. The number of hydrogen-bond acceptors (Lipinski definition) is 3. The Morgan fingerprint density at radius 2 is 1.56 bits per heavy atom. The second-order valence-corrected chi connectivity index (χ2v) is 6.29. The first-order valence-electron chi connectivity index (χ1n) is 8.29. The largest absolute Gasteiger partial charge is 0.478 e. The number of rotatable bonds is 7. The van der Waals surface area contributed by atoms with E-state index in [1.165, 1.54) is 0 Å². The summed E-state index contributed by atoms with van der Waals surface area (Å²) in [7, 11) is 0. The zero-order valence-corrected chi connectivity index (χ0v) is 14.8. The second-order valence-electron chi connectivity index (χ2n) is 6.29. The van der Waals surface area contributed by atoms with E-state index in [1.807, 2.05) is 43.0 Å². The van der Waals surface area contributed by atoms with Gasteiger partial charge in [-0.25, -0.2) is 4.79 Å². The van der Waals surface area contributed by atoms with Crippen LogP contribution in [0.2, 0.25) is 0 Å². The van der Waals surface area contributed by atoms with E-state index < -0.39 is 5.97 Å². The van der Waals surface area contributed by atoms with Gasteiger partial charge in [0.15, 0.2) is 0 Å². The van der Waals surface area contributed by atoms with Crippen molar-refractivity contribution in [3.63, 3.8) is 0 Å². The fourth-order valence-corrected chi connectivity index (χ4v) is 2.55. The number of benzene rings is 2. The van der Waals surface area contributed by atoms with Crippen molar-refractivity contribution in [1.29, 1.82) is 0 Å². The van der Waals surface area contributed by atoms with Crippen molar-refractivity contribution in [2.24, 2.45) is 0 Å². The van der Waals surface area contributed by atoms with Gasteiger partial charge in [0.05, 0.1) is 5.56 Å². The Morgan fingerprint density at radius 3 is 2.04 bits per heavy atom. The van der Waals surface area contributed by atoms with Crippen molar-refractivity contribution in [1.82, 2.24) is 4.90 Å². The summed E-state index contributed by atoms with van der Waals surface area (Å²) in [6.07, 6.45) is 0. The van der Waals surface area contributed by atoms with Crippen molar-refractivity contribution < 1.29 is 14.7 Å².